The number of amides is 1. The Labute approximate surface area is 107 Å². The van der Waals surface area contributed by atoms with Gasteiger partial charge in [0.1, 0.15) is 0 Å². The molecule has 1 amide bonds. The number of hydrogen-bond acceptors (Lipinski definition) is 4. The predicted octanol–water partition coefficient (Wildman–Crippen LogP) is 0.829. The molecule has 1 heterocycles. The third kappa shape index (κ3) is 3.50. The van der Waals surface area contributed by atoms with E-state index in [1.165, 1.54) is 12.8 Å². The zero-order valence-corrected chi connectivity index (χ0v) is 11.0. The first-order valence-corrected chi connectivity index (χ1v) is 6.55. The zero-order valence-electron chi connectivity index (χ0n) is 11.0. The largest absolute Gasteiger partial charge is 0.351 e. The number of hydrogen-bond donors (Lipinski definition) is 2. The van der Waals surface area contributed by atoms with E-state index >= 15 is 0 Å². The zero-order chi connectivity index (χ0) is 13.0. The maximum Gasteiger partial charge on any atom is 0.253 e. The van der Waals surface area contributed by atoms with Crippen LogP contribution in [0.4, 0.5) is 0 Å². The summed E-state index contributed by atoms with van der Waals surface area (Å²) in [5.41, 5.74) is 2.18. The molecule has 0 unspecified atom stereocenters. The maximum atomic E-state index is 12.0. The fourth-order valence-corrected chi connectivity index (χ4v) is 1.81. The van der Waals surface area contributed by atoms with Gasteiger partial charge in [-0.15, -0.1) is 0 Å². The van der Waals surface area contributed by atoms with Crippen LogP contribution in [0.15, 0.2) is 6.07 Å². The molecular formula is C13H20N4O. The average Bonchev–Trinajstić information content (AvgIpc) is 3.18. The summed E-state index contributed by atoms with van der Waals surface area (Å²) in [7, 11) is 0. The van der Waals surface area contributed by atoms with Gasteiger partial charge in [-0.2, -0.15) is 10.2 Å². The molecule has 0 atom stereocenters. The molecule has 2 rings (SSSR count). The van der Waals surface area contributed by atoms with Gasteiger partial charge in [0.2, 0.25) is 0 Å². The molecule has 1 fully saturated rings. The number of carbonyl (C=O) groups is 1. The molecule has 98 valence electrons. The Hall–Kier alpha value is -1.49. The molecule has 0 aliphatic heterocycles. The van der Waals surface area contributed by atoms with E-state index < -0.39 is 0 Å². The summed E-state index contributed by atoms with van der Waals surface area (Å²) in [5, 5.41) is 14.3. The van der Waals surface area contributed by atoms with E-state index in [9.17, 15) is 4.79 Å². The van der Waals surface area contributed by atoms with Gasteiger partial charge in [0.15, 0.2) is 0 Å². The lowest BCUT2D eigenvalue weighted by Crippen LogP contribution is -2.33. The molecule has 1 aliphatic rings. The minimum atomic E-state index is -0.0533. The van der Waals surface area contributed by atoms with Gasteiger partial charge in [0.05, 0.1) is 17.0 Å². The number of nitrogens with zero attached hydrogens (tertiary/aromatic N) is 2. The first kappa shape index (κ1) is 13.0. The van der Waals surface area contributed by atoms with E-state index in [1.807, 2.05) is 13.8 Å². The molecule has 0 aromatic carbocycles. The monoisotopic (exact) mass is 248 g/mol. The quantitative estimate of drug-likeness (QED) is 0.732. The lowest BCUT2D eigenvalue weighted by Gasteiger charge is -2.09. The number of aromatic nitrogens is 2. The number of aryl methyl sites for hydroxylation is 2. The Morgan fingerprint density at radius 1 is 1.39 bits per heavy atom. The summed E-state index contributed by atoms with van der Waals surface area (Å²) >= 11 is 0. The van der Waals surface area contributed by atoms with Crippen LogP contribution < -0.4 is 10.6 Å². The Morgan fingerprint density at radius 2 is 2.17 bits per heavy atom. The van der Waals surface area contributed by atoms with Crippen LogP contribution in [-0.4, -0.2) is 35.2 Å². The summed E-state index contributed by atoms with van der Waals surface area (Å²) in [6.07, 6.45) is 3.25. The van der Waals surface area contributed by atoms with Crippen molar-refractivity contribution in [1.29, 1.82) is 0 Å². The normalized spacial score (nSPS) is 14.6. The molecule has 1 aromatic heterocycles. The fourth-order valence-electron chi connectivity index (χ4n) is 1.81. The van der Waals surface area contributed by atoms with Gasteiger partial charge in [-0.25, -0.2) is 0 Å². The van der Waals surface area contributed by atoms with E-state index in [2.05, 4.69) is 20.8 Å². The van der Waals surface area contributed by atoms with Crippen molar-refractivity contribution in [1.82, 2.24) is 20.8 Å². The topological polar surface area (TPSA) is 66.9 Å². The van der Waals surface area contributed by atoms with Crippen LogP contribution in [-0.2, 0) is 6.42 Å². The van der Waals surface area contributed by atoms with Crippen LogP contribution in [0.1, 0.15) is 41.5 Å². The molecule has 0 bridgehead atoms. The van der Waals surface area contributed by atoms with Gasteiger partial charge in [-0.1, -0.05) is 6.92 Å². The van der Waals surface area contributed by atoms with E-state index in [4.69, 9.17) is 0 Å². The summed E-state index contributed by atoms with van der Waals surface area (Å²) < 4.78 is 0. The molecule has 2 N–H and O–H groups in total. The Kier molecular flexibility index (Phi) is 4.25. The molecule has 1 aliphatic carbocycles. The van der Waals surface area contributed by atoms with Gasteiger partial charge in [0, 0.05) is 19.1 Å². The highest BCUT2D eigenvalue weighted by Crippen LogP contribution is 2.17. The van der Waals surface area contributed by atoms with Gasteiger partial charge in [-0.3, -0.25) is 4.79 Å². The second kappa shape index (κ2) is 5.91. The summed E-state index contributed by atoms with van der Waals surface area (Å²) in [6.45, 7) is 5.30. The standard InChI is InChI=1S/C13H20N4O/c1-3-12-11(8-9(2)16-17-12)13(18)15-7-6-14-10-4-5-10/h8,10,14H,3-7H2,1-2H3,(H,15,18). The maximum absolute atomic E-state index is 12.0. The fraction of sp³-hybridized carbons (Fsp3) is 0.615. The Balaban J connectivity index is 1.88. The molecule has 0 spiro atoms. The van der Waals surface area contributed by atoms with Crippen molar-refractivity contribution >= 4 is 5.91 Å². The molecule has 18 heavy (non-hydrogen) atoms. The van der Waals surface area contributed by atoms with Crippen LogP contribution in [0, 0.1) is 6.92 Å². The second-order valence-corrected chi connectivity index (χ2v) is 4.68. The molecular weight excluding hydrogens is 228 g/mol. The van der Waals surface area contributed by atoms with E-state index in [-0.39, 0.29) is 5.91 Å². The number of rotatable bonds is 6. The SMILES string of the molecule is CCc1nnc(C)cc1C(=O)NCCNC1CC1. The molecule has 1 saturated carbocycles. The third-order valence-corrected chi connectivity index (χ3v) is 2.99. The minimum absolute atomic E-state index is 0.0533. The highest BCUT2D eigenvalue weighted by molar-refractivity contribution is 5.95. The molecule has 5 heteroatoms. The highest BCUT2D eigenvalue weighted by atomic mass is 16.1. The average molecular weight is 248 g/mol. The smallest absolute Gasteiger partial charge is 0.253 e. The van der Waals surface area contributed by atoms with Crippen molar-refractivity contribution in [2.24, 2.45) is 0 Å². The van der Waals surface area contributed by atoms with Crippen LogP contribution >= 0.6 is 0 Å². The van der Waals surface area contributed by atoms with E-state index in [1.54, 1.807) is 6.07 Å². The lowest BCUT2D eigenvalue weighted by molar-refractivity contribution is 0.0952. The predicted molar refractivity (Wildman–Crippen MR) is 69.5 cm³/mol. The number of nitrogens with one attached hydrogen (secondary N) is 2. The van der Waals surface area contributed by atoms with Gasteiger partial charge < -0.3 is 10.6 Å². The lowest BCUT2D eigenvalue weighted by atomic mass is 10.1. The van der Waals surface area contributed by atoms with E-state index in [0.717, 1.165) is 24.4 Å². The minimum Gasteiger partial charge on any atom is -0.351 e. The van der Waals surface area contributed by atoms with Gasteiger partial charge in [-0.05, 0) is 32.3 Å². The van der Waals surface area contributed by atoms with Crippen molar-refractivity contribution in [3.8, 4) is 0 Å². The Morgan fingerprint density at radius 3 is 2.83 bits per heavy atom. The Bertz CT molecular complexity index is 429. The van der Waals surface area contributed by atoms with Crippen molar-refractivity contribution < 1.29 is 4.79 Å². The molecule has 0 radical (unpaired) electrons. The van der Waals surface area contributed by atoms with Crippen molar-refractivity contribution in [3.05, 3.63) is 23.0 Å². The molecule has 0 saturated heterocycles. The van der Waals surface area contributed by atoms with Crippen molar-refractivity contribution in [2.45, 2.75) is 39.2 Å². The molecule has 1 aromatic rings. The van der Waals surface area contributed by atoms with Gasteiger partial charge in [0.25, 0.3) is 5.91 Å². The third-order valence-electron chi connectivity index (χ3n) is 2.99. The first-order chi connectivity index (χ1) is 8.70. The van der Waals surface area contributed by atoms with Crippen LogP contribution in [0.25, 0.3) is 0 Å². The van der Waals surface area contributed by atoms with Crippen LogP contribution in [0.2, 0.25) is 0 Å². The van der Waals surface area contributed by atoms with E-state index in [0.29, 0.717) is 18.2 Å². The van der Waals surface area contributed by atoms with Crippen molar-refractivity contribution in [2.75, 3.05) is 13.1 Å². The molecule has 5 nitrogen and oxygen atoms in total. The summed E-state index contributed by atoms with van der Waals surface area (Å²) in [4.78, 5) is 12.0. The van der Waals surface area contributed by atoms with Crippen LogP contribution in [0.5, 0.6) is 0 Å². The second-order valence-electron chi connectivity index (χ2n) is 4.68. The van der Waals surface area contributed by atoms with Crippen LogP contribution in [0.3, 0.4) is 0 Å². The summed E-state index contributed by atoms with van der Waals surface area (Å²) in [6, 6.07) is 2.48. The van der Waals surface area contributed by atoms with Crippen molar-refractivity contribution in [3.63, 3.8) is 0 Å². The summed E-state index contributed by atoms with van der Waals surface area (Å²) in [5.74, 6) is -0.0533. The number of carbonyl (C=O) groups excluding carboxylic acids is 1. The first-order valence-electron chi connectivity index (χ1n) is 6.55. The van der Waals surface area contributed by atoms with Gasteiger partial charge >= 0.3 is 0 Å². The highest BCUT2D eigenvalue weighted by Gasteiger charge is 2.19.